The molecule has 0 saturated carbocycles. The summed E-state index contributed by atoms with van der Waals surface area (Å²) in [6, 6.07) is 5.46. The molecule has 1 fully saturated rings. The van der Waals surface area contributed by atoms with Crippen LogP contribution in [-0.4, -0.2) is 35.0 Å². The van der Waals surface area contributed by atoms with Gasteiger partial charge in [0.2, 0.25) is 0 Å². The van der Waals surface area contributed by atoms with E-state index in [9.17, 15) is 9.59 Å². The number of nitrogens with zero attached hydrogens (tertiary/aromatic N) is 1. The molecule has 0 unspecified atom stereocenters. The fourth-order valence-electron chi connectivity index (χ4n) is 2.27. The van der Waals surface area contributed by atoms with Gasteiger partial charge in [0.05, 0.1) is 5.92 Å². The van der Waals surface area contributed by atoms with Gasteiger partial charge in [-0.3, -0.25) is 9.59 Å². The van der Waals surface area contributed by atoms with Crippen molar-refractivity contribution in [1.82, 2.24) is 4.90 Å². The molecule has 1 amide bonds. The summed E-state index contributed by atoms with van der Waals surface area (Å²) in [4.78, 5) is 25.0. The number of aryl methyl sites for hydroxylation is 1. The Morgan fingerprint density at radius 1 is 1.42 bits per heavy atom. The molecule has 1 aromatic carbocycles. The monoisotopic (exact) mass is 325 g/mol. The van der Waals surface area contributed by atoms with Gasteiger partial charge in [-0.05, 0) is 37.5 Å². The lowest BCUT2D eigenvalue weighted by Crippen LogP contribution is -2.42. The van der Waals surface area contributed by atoms with Gasteiger partial charge in [-0.25, -0.2) is 0 Å². The van der Waals surface area contributed by atoms with Crippen LogP contribution >= 0.6 is 15.9 Å². The first-order valence-corrected chi connectivity index (χ1v) is 7.06. The molecule has 1 N–H and O–H groups in total. The molecular formula is C14H16BrNO3. The number of benzene rings is 1. The van der Waals surface area contributed by atoms with Crippen molar-refractivity contribution in [2.75, 3.05) is 13.1 Å². The Morgan fingerprint density at radius 2 is 2.16 bits per heavy atom. The second kappa shape index (κ2) is 5.74. The van der Waals surface area contributed by atoms with Crippen LogP contribution in [0, 0.1) is 12.8 Å². The van der Waals surface area contributed by atoms with Crippen molar-refractivity contribution in [2.24, 2.45) is 5.92 Å². The molecule has 19 heavy (non-hydrogen) atoms. The van der Waals surface area contributed by atoms with E-state index in [1.54, 1.807) is 17.0 Å². The van der Waals surface area contributed by atoms with Crippen molar-refractivity contribution in [3.63, 3.8) is 0 Å². The Kier molecular flexibility index (Phi) is 4.24. The van der Waals surface area contributed by atoms with Crippen molar-refractivity contribution in [2.45, 2.75) is 19.8 Å². The molecule has 1 heterocycles. The first-order valence-electron chi connectivity index (χ1n) is 6.27. The second-order valence-corrected chi connectivity index (χ2v) is 5.75. The van der Waals surface area contributed by atoms with Gasteiger partial charge in [-0.1, -0.05) is 22.0 Å². The molecular weight excluding hydrogens is 310 g/mol. The van der Waals surface area contributed by atoms with Crippen LogP contribution in [0.3, 0.4) is 0 Å². The highest BCUT2D eigenvalue weighted by Gasteiger charge is 2.28. The van der Waals surface area contributed by atoms with E-state index in [1.165, 1.54) is 0 Å². The molecule has 1 aliphatic rings. The van der Waals surface area contributed by atoms with Gasteiger partial charge >= 0.3 is 5.97 Å². The largest absolute Gasteiger partial charge is 0.481 e. The Hall–Kier alpha value is -1.36. The van der Waals surface area contributed by atoms with Gasteiger partial charge in [-0.15, -0.1) is 0 Å². The number of likely N-dealkylation sites (tertiary alicyclic amines) is 1. The van der Waals surface area contributed by atoms with E-state index in [2.05, 4.69) is 15.9 Å². The number of hydrogen-bond donors (Lipinski definition) is 1. The summed E-state index contributed by atoms with van der Waals surface area (Å²) < 4.78 is 0.894. The minimum Gasteiger partial charge on any atom is -0.481 e. The molecule has 2 rings (SSSR count). The molecule has 4 nitrogen and oxygen atoms in total. The maximum atomic E-state index is 12.3. The van der Waals surface area contributed by atoms with Crippen LogP contribution in [0.15, 0.2) is 22.7 Å². The molecule has 0 radical (unpaired) electrons. The third-order valence-electron chi connectivity index (χ3n) is 3.48. The van der Waals surface area contributed by atoms with Crippen molar-refractivity contribution >= 4 is 27.8 Å². The van der Waals surface area contributed by atoms with E-state index >= 15 is 0 Å². The predicted molar refractivity (Wildman–Crippen MR) is 75.1 cm³/mol. The fraction of sp³-hybridized carbons (Fsp3) is 0.429. The number of hydrogen-bond acceptors (Lipinski definition) is 2. The van der Waals surface area contributed by atoms with Gasteiger partial charge in [0.25, 0.3) is 5.91 Å². The molecule has 0 aromatic heterocycles. The molecule has 0 bridgehead atoms. The lowest BCUT2D eigenvalue weighted by atomic mass is 9.97. The SMILES string of the molecule is Cc1ccc(C(=O)N2CCC[C@H](C(=O)O)C2)cc1Br. The van der Waals surface area contributed by atoms with E-state index < -0.39 is 11.9 Å². The fourth-order valence-corrected chi connectivity index (χ4v) is 2.65. The Morgan fingerprint density at radius 3 is 2.79 bits per heavy atom. The zero-order chi connectivity index (χ0) is 14.0. The third kappa shape index (κ3) is 3.15. The predicted octanol–water partition coefficient (Wildman–Crippen LogP) is 2.69. The summed E-state index contributed by atoms with van der Waals surface area (Å²) in [6.45, 7) is 2.90. The van der Waals surface area contributed by atoms with Crippen molar-refractivity contribution in [3.05, 3.63) is 33.8 Å². The maximum absolute atomic E-state index is 12.3. The van der Waals surface area contributed by atoms with Crippen LogP contribution in [0.1, 0.15) is 28.8 Å². The summed E-state index contributed by atoms with van der Waals surface area (Å²) >= 11 is 3.41. The standard InChI is InChI=1S/C14H16BrNO3/c1-9-4-5-10(7-12(9)15)13(17)16-6-2-3-11(8-16)14(18)19/h4-5,7,11H,2-3,6,8H2,1H3,(H,18,19)/t11-/m0/s1. The van der Waals surface area contributed by atoms with Crippen LogP contribution in [0.25, 0.3) is 0 Å². The van der Waals surface area contributed by atoms with Crippen LogP contribution in [0.4, 0.5) is 0 Å². The molecule has 0 spiro atoms. The van der Waals surface area contributed by atoms with E-state index in [1.807, 2.05) is 13.0 Å². The van der Waals surface area contributed by atoms with Crippen molar-refractivity contribution < 1.29 is 14.7 Å². The van der Waals surface area contributed by atoms with Crippen molar-refractivity contribution in [3.8, 4) is 0 Å². The number of carboxylic acids is 1. The molecule has 0 aliphatic carbocycles. The first-order chi connectivity index (χ1) is 8.99. The van der Waals surface area contributed by atoms with E-state index in [4.69, 9.17) is 5.11 Å². The highest BCUT2D eigenvalue weighted by molar-refractivity contribution is 9.10. The van der Waals surface area contributed by atoms with E-state index in [0.29, 0.717) is 25.1 Å². The van der Waals surface area contributed by atoms with Crippen LogP contribution in [-0.2, 0) is 4.79 Å². The maximum Gasteiger partial charge on any atom is 0.308 e. The average molecular weight is 326 g/mol. The number of carboxylic acid groups (broad SMARTS) is 1. The lowest BCUT2D eigenvalue weighted by Gasteiger charge is -2.30. The van der Waals surface area contributed by atoms with Gasteiger partial charge < -0.3 is 10.0 Å². The van der Waals surface area contributed by atoms with Gasteiger partial charge in [0.1, 0.15) is 0 Å². The summed E-state index contributed by atoms with van der Waals surface area (Å²) in [5, 5.41) is 9.04. The number of aliphatic carboxylic acids is 1. The van der Waals surface area contributed by atoms with Crippen LogP contribution < -0.4 is 0 Å². The normalized spacial score (nSPS) is 19.3. The molecule has 5 heteroatoms. The average Bonchev–Trinajstić information content (AvgIpc) is 2.41. The quantitative estimate of drug-likeness (QED) is 0.909. The van der Waals surface area contributed by atoms with Crippen LogP contribution in [0.2, 0.25) is 0 Å². The number of carbonyl (C=O) groups excluding carboxylic acids is 1. The number of carbonyl (C=O) groups is 2. The zero-order valence-electron chi connectivity index (χ0n) is 10.7. The molecule has 1 aliphatic heterocycles. The highest BCUT2D eigenvalue weighted by atomic mass is 79.9. The van der Waals surface area contributed by atoms with Crippen molar-refractivity contribution in [1.29, 1.82) is 0 Å². The van der Waals surface area contributed by atoms with Gasteiger partial charge in [0, 0.05) is 23.1 Å². The summed E-state index contributed by atoms with van der Waals surface area (Å²) in [6.07, 6.45) is 1.40. The lowest BCUT2D eigenvalue weighted by molar-refractivity contribution is -0.143. The van der Waals surface area contributed by atoms with Gasteiger partial charge in [-0.2, -0.15) is 0 Å². The highest BCUT2D eigenvalue weighted by Crippen LogP contribution is 2.22. The number of piperidine rings is 1. The van der Waals surface area contributed by atoms with Crippen LogP contribution in [0.5, 0.6) is 0 Å². The number of amides is 1. The Bertz CT molecular complexity index is 515. The number of rotatable bonds is 2. The Balaban J connectivity index is 2.14. The Labute approximate surface area is 120 Å². The third-order valence-corrected chi connectivity index (χ3v) is 4.33. The summed E-state index contributed by atoms with van der Waals surface area (Å²) in [5.41, 5.74) is 1.67. The zero-order valence-corrected chi connectivity index (χ0v) is 12.3. The minimum absolute atomic E-state index is 0.0911. The molecule has 1 atom stereocenters. The van der Waals surface area contributed by atoms with Gasteiger partial charge in [0.15, 0.2) is 0 Å². The minimum atomic E-state index is -0.817. The summed E-state index contributed by atoms with van der Waals surface area (Å²) in [5.74, 6) is -1.35. The molecule has 1 saturated heterocycles. The molecule has 1 aromatic rings. The topological polar surface area (TPSA) is 57.6 Å². The summed E-state index contributed by atoms with van der Waals surface area (Å²) in [7, 11) is 0. The van der Waals surface area contributed by atoms with E-state index in [0.717, 1.165) is 16.5 Å². The second-order valence-electron chi connectivity index (χ2n) is 4.89. The first kappa shape index (κ1) is 14.1. The smallest absolute Gasteiger partial charge is 0.308 e. The van der Waals surface area contributed by atoms with E-state index in [-0.39, 0.29) is 5.91 Å². The molecule has 102 valence electrons. The number of halogens is 1.